The molecular formula is C10H12F3NO. The van der Waals surface area contributed by atoms with Crippen molar-refractivity contribution in [2.75, 3.05) is 6.61 Å². The summed E-state index contributed by atoms with van der Waals surface area (Å²) >= 11 is 0. The highest BCUT2D eigenvalue weighted by Gasteiger charge is 2.14. The van der Waals surface area contributed by atoms with Gasteiger partial charge in [0, 0.05) is 12.6 Å². The fourth-order valence-electron chi connectivity index (χ4n) is 1.27. The van der Waals surface area contributed by atoms with Crippen LogP contribution in [0.4, 0.5) is 13.2 Å². The number of aliphatic hydroxyl groups excluding tert-OH is 1. The molecule has 15 heavy (non-hydrogen) atoms. The summed E-state index contributed by atoms with van der Waals surface area (Å²) in [6.45, 7) is -0.0418. The smallest absolute Gasteiger partial charge is 0.194 e. The van der Waals surface area contributed by atoms with Crippen LogP contribution in [0, 0.1) is 17.5 Å². The average molecular weight is 219 g/mol. The molecule has 0 radical (unpaired) electrons. The first-order valence-electron chi connectivity index (χ1n) is 4.57. The van der Waals surface area contributed by atoms with Crippen molar-refractivity contribution in [3.8, 4) is 0 Å². The van der Waals surface area contributed by atoms with Gasteiger partial charge in [-0.05, 0) is 30.5 Å². The molecule has 0 saturated heterocycles. The molecule has 0 spiro atoms. The van der Waals surface area contributed by atoms with E-state index in [9.17, 15) is 13.2 Å². The Morgan fingerprint density at radius 2 is 1.73 bits per heavy atom. The van der Waals surface area contributed by atoms with Gasteiger partial charge in [-0.15, -0.1) is 0 Å². The van der Waals surface area contributed by atoms with Gasteiger partial charge in [0.15, 0.2) is 17.5 Å². The van der Waals surface area contributed by atoms with E-state index in [0.29, 0.717) is 12.8 Å². The minimum Gasteiger partial charge on any atom is -0.396 e. The molecule has 84 valence electrons. The fraction of sp³-hybridized carbons (Fsp3) is 0.400. The van der Waals surface area contributed by atoms with Gasteiger partial charge in [-0.1, -0.05) is 0 Å². The van der Waals surface area contributed by atoms with Gasteiger partial charge in [-0.2, -0.15) is 0 Å². The highest BCUT2D eigenvalue weighted by atomic mass is 19.2. The first kappa shape index (κ1) is 12.0. The van der Waals surface area contributed by atoms with Crippen molar-refractivity contribution in [3.63, 3.8) is 0 Å². The Hall–Kier alpha value is -1.07. The minimum atomic E-state index is -1.49. The van der Waals surface area contributed by atoms with Crippen LogP contribution in [0.3, 0.4) is 0 Å². The molecule has 0 aliphatic rings. The summed E-state index contributed by atoms with van der Waals surface area (Å²) < 4.78 is 38.2. The zero-order valence-corrected chi connectivity index (χ0v) is 8.01. The molecule has 0 fully saturated rings. The Kier molecular flexibility index (Phi) is 4.11. The van der Waals surface area contributed by atoms with Gasteiger partial charge in [-0.3, -0.25) is 0 Å². The van der Waals surface area contributed by atoms with E-state index < -0.39 is 23.5 Å². The largest absolute Gasteiger partial charge is 0.396 e. The lowest BCUT2D eigenvalue weighted by molar-refractivity contribution is 0.280. The molecule has 0 bridgehead atoms. The molecule has 1 atom stereocenters. The van der Waals surface area contributed by atoms with E-state index in [1.165, 1.54) is 0 Å². The molecule has 0 aliphatic heterocycles. The molecule has 3 N–H and O–H groups in total. The number of rotatable bonds is 4. The van der Waals surface area contributed by atoms with Crippen molar-refractivity contribution in [2.24, 2.45) is 5.73 Å². The molecule has 1 rings (SSSR count). The number of aliphatic hydroxyl groups is 1. The Bertz CT molecular complexity index is 320. The lowest BCUT2D eigenvalue weighted by Gasteiger charge is -2.11. The van der Waals surface area contributed by atoms with E-state index in [1.807, 2.05) is 0 Å². The summed E-state index contributed by atoms with van der Waals surface area (Å²) in [5.74, 6) is -3.98. The van der Waals surface area contributed by atoms with E-state index in [4.69, 9.17) is 10.8 Å². The molecule has 1 aromatic rings. The van der Waals surface area contributed by atoms with Crippen molar-refractivity contribution >= 4 is 0 Å². The van der Waals surface area contributed by atoms with Crippen molar-refractivity contribution in [3.05, 3.63) is 35.1 Å². The van der Waals surface area contributed by atoms with Crippen LogP contribution in [0.25, 0.3) is 0 Å². The molecule has 0 saturated carbocycles. The average Bonchev–Trinajstić information content (AvgIpc) is 2.21. The van der Waals surface area contributed by atoms with E-state index in [2.05, 4.69) is 0 Å². The molecular weight excluding hydrogens is 207 g/mol. The van der Waals surface area contributed by atoms with Crippen LogP contribution < -0.4 is 5.73 Å². The van der Waals surface area contributed by atoms with Crippen LogP contribution in [0.5, 0.6) is 0 Å². The van der Waals surface area contributed by atoms with Crippen LogP contribution in [-0.2, 0) is 0 Å². The van der Waals surface area contributed by atoms with Crippen LogP contribution in [-0.4, -0.2) is 11.7 Å². The number of hydrogen-bond acceptors (Lipinski definition) is 2. The topological polar surface area (TPSA) is 46.2 Å². The van der Waals surface area contributed by atoms with Gasteiger partial charge in [0.2, 0.25) is 0 Å². The Labute approximate surface area is 85.5 Å². The number of nitrogens with two attached hydrogens (primary N) is 1. The van der Waals surface area contributed by atoms with Crippen LogP contribution in [0.15, 0.2) is 12.1 Å². The zero-order chi connectivity index (χ0) is 11.4. The first-order chi connectivity index (χ1) is 7.06. The minimum absolute atomic E-state index is 0.0418. The SMILES string of the molecule is N[C@@H](CCCO)c1cc(F)c(F)c(F)c1. The standard InChI is InChI=1S/C10H12F3NO/c11-7-4-6(5-8(12)10(7)13)9(14)2-1-3-15/h4-5,9,15H,1-3,14H2/t9-/m0/s1. The van der Waals surface area contributed by atoms with Gasteiger partial charge < -0.3 is 10.8 Å². The summed E-state index contributed by atoms with van der Waals surface area (Å²) in [6.07, 6.45) is 0.822. The van der Waals surface area contributed by atoms with Crippen molar-refractivity contribution < 1.29 is 18.3 Å². The normalized spacial score (nSPS) is 12.9. The van der Waals surface area contributed by atoms with Gasteiger partial charge in [0.25, 0.3) is 0 Å². The molecule has 2 nitrogen and oxygen atoms in total. The Morgan fingerprint density at radius 3 is 2.20 bits per heavy atom. The highest BCUT2D eigenvalue weighted by molar-refractivity contribution is 5.22. The first-order valence-corrected chi connectivity index (χ1v) is 4.57. The second-order valence-corrected chi connectivity index (χ2v) is 3.27. The second-order valence-electron chi connectivity index (χ2n) is 3.27. The maximum absolute atomic E-state index is 12.8. The predicted octanol–water partition coefficient (Wildman–Crippen LogP) is 1.88. The molecule has 0 heterocycles. The molecule has 0 aliphatic carbocycles. The summed E-state index contributed by atoms with van der Waals surface area (Å²) in [7, 11) is 0. The third-order valence-electron chi connectivity index (χ3n) is 2.11. The quantitative estimate of drug-likeness (QED) is 0.759. The van der Waals surface area contributed by atoms with E-state index in [1.54, 1.807) is 0 Å². The maximum atomic E-state index is 12.8. The van der Waals surface area contributed by atoms with Crippen molar-refractivity contribution in [1.29, 1.82) is 0 Å². The van der Waals surface area contributed by atoms with E-state index in [-0.39, 0.29) is 12.2 Å². The molecule has 1 aromatic carbocycles. The fourth-order valence-corrected chi connectivity index (χ4v) is 1.27. The predicted molar refractivity (Wildman–Crippen MR) is 49.6 cm³/mol. The van der Waals surface area contributed by atoms with E-state index >= 15 is 0 Å². The van der Waals surface area contributed by atoms with Gasteiger partial charge in [0.1, 0.15) is 0 Å². The Balaban J connectivity index is 2.86. The number of benzene rings is 1. The molecule has 0 amide bonds. The van der Waals surface area contributed by atoms with Crippen molar-refractivity contribution in [1.82, 2.24) is 0 Å². The third kappa shape index (κ3) is 2.94. The van der Waals surface area contributed by atoms with Gasteiger partial charge >= 0.3 is 0 Å². The molecule has 0 unspecified atom stereocenters. The Morgan fingerprint density at radius 1 is 1.20 bits per heavy atom. The van der Waals surface area contributed by atoms with Gasteiger partial charge in [-0.25, -0.2) is 13.2 Å². The second kappa shape index (κ2) is 5.14. The summed E-state index contributed by atoms with van der Waals surface area (Å²) in [5, 5.41) is 8.55. The van der Waals surface area contributed by atoms with Crippen LogP contribution >= 0.6 is 0 Å². The van der Waals surface area contributed by atoms with Crippen molar-refractivity contribution in [2.45, 2.75) is 18.9 Å². The summed E-state index contributed by atoms with van der Waals surface area (Å²) in [6, 6.07) is 1.16. The summed E-state index contributed by atoms with van der Waals surface area (Å²) in [4.78, 5) is 0. The van der Waals surface area contributed by atoms with E-state index in [0.717, 1.165) is 12.1 Å². The number of hydrogen-bond donors (Lipinski definition) is 2. The maximum Gasteiger partial charge on any atom is 0.194 e. The number of halogens is 3. The van der Waals surface area contributed by atoms with Crippen LogP contribution in [0.1, 0.15) is 24.4 Å². The van der Waals surface area contributed by atoms with Gasteiger partial charge in [0.05, 0.1) is 0 Å². The lowest BCUT2D eigenvalue weighted by atomic mass is 10.0. The summed E-state index contributed by atoms with van der Waals surface area (Å²) in [5.41, 5.74) is 5.80. The molecule has 5 heteroatoms. The zero-order valence-electron chi connectivity index (χ0n) is 8.01. The highest BCUT2D eigenvalue weighted by Crippen LogP contribution is 2.20. The van der Waals surface area contributed by atoms with Crippen LogP contribution in [0.2, 0.25) is 0 Å². The lowest BCUT2D eigenvalue weighted by Crippen LogP contribution is -2.12. The third-order valence-corrected chi connectivity index (χ3v) is 2.11. The molecule has 0 aromatic heterocycles. The monoisotopic (exact) mass is 219 g/mol.